The number of rotatable bonds is 16. The van der Waals surface area contributed by atoms with Crippen LogP contribution in [0.4, 0.5) is 0 Å². The van der Waals surface area contributed by atoms with Gasteiger partial charge in [0, 0.05) is 13.2 Å². The zero-order valence-corrected chi connectivity index (χ0v) is 17.8. The van der Waals surface area contributed by atoms with Gasteiger partial charge >= 0.3 is 5.97 Å². The van der Waals surface area contributed by atoms with E-state index in [0.717, 1.165) is 38.2 Å². The predicted octanol–water partition coefficient (Wildman–Crippen LogP) is 6.21. The maximum absolute atomic E-state index is 10.8. The van der Waals surface area contributed by atoms with Gasteiger partial charge in [0.25, 0.3) is 0 Å². The Bertz CT molecular complexity index is 537. The van der Waals surface area contributed by atoms with Gasteiger partial charge in [-0.25, -0.2) is 4.79 Å². The Kier molecular flexibility index (Phi) is 12.5. The van der Waals surface area contributed by atoms with Gasteiger partial charge in [0.05, 0.1) is 12.2 Å². The van der Waals surface area contributed by atoms with E-state index >= 15 is 0 Å². The van der Waals surface area contributed by atoms with Crippen LogP contribution in [-0.2, 0) is 9.47 Å². The molecule has 0 bridgehead atoms. The molecule has 0 amide bonds. The van der Waals surface area contributed by atoms with Crippen molar-refractivity contribution in [1.29, 1.82) is 0 Å². The molecule has 1 aliphatic heterocycles. The molecule has 0 aliphatic carbocycles. The first kappa shape index (κ1) is 23.7. The molecule has 1 fully saturated rings. The van der Waals surface area contributed by atoms with Crippen LogP contribution in [0.15, 0.2) is 24.3 Å². The Balaban J connectivity index is 1.30. The number of carboxylic acid groups (broad SMARTS) is 1. The summed E-state index contributed by atoms with van der Waals surface area (Å²) in [6.45, 7) is 2.40. The molecule has 0 aromatic heterocycles. The van der Waals surface area contributed by atoms with E-state index in [1.807, 2.05) is 0 Å². The predicted molar refractivity (Wildman–Crippen MR) is 115 cm³/mol. The number of benzene rings is 1. The van der Waals surface area contributed by atoms with Crippen LogP contribution >= 0.6 is 0 Å². The highest BCUT2D eigenvalue weighted by molar-refractivity contribution is 5.87. The van der Waals surface area contributed by atoms with Gasteiger partial charge < -0.3 is 19.3 Å². The number of carbonyl (C=O) groups is 1. The van der Waals surface area contributed by atoms with E-state index in [4.69, 9.17) is 19.3 Å². The summed E-state index contributed by atoms with van der Waals surface area (Å²) in [5, 5.41) is 8.87. The monoisotopic (exact) mass is 406 g/mol. The Hall–Kier alpha value is -1.59. The summed E-state index contributed by atoms with van der Waals surface area (Å²) in [5.41, 5.74) is 0.291. The molecule has 5 nitrogen and oxygen atoms in total. The topological polar surface area (TPSA) is 65.0 Å². The second-order valence-corrected chi connectivity index (χ2v) is 7.88. The fourth-order valence-corrected chi connectivity index (χ4v) is 3.56. The average molecular weight is 407 g/mol. The Morgan fingerprint density at radius 3 is 2.00 bits per heavy atom. The molecule has 1 aromatic rings. The van der Waals surface area contributed by atoms with E-state index in [0.29, 0.717) is 12.2 Å². The lowest BCUT2D eigenvalue weighted by molar-refractivity contribution is -0.162. The first-order chi connectivity index (χ1) is 14.3. The van der Waals surface area contributed by atoms with Crippen molar-refractivity contribution in [3.05, 3.63) is 29.8 Å². The molecule has 1 aromatic carbocycles. The average Bonchev–Trinajstić information content (AvgIpc) is 2.75. The van der Waals surface area contributed by atoms with Crippen LogP contribution in [-0.4, -0.2) is 37.2 Å². The third-order valence-electron chi connectivity index (χ3n) is 5.35. The smallest absolute Gasteiger partial charge is 0.335 e. The van der Waals surface area contributed by atoms with Gasteiger partial charge in [-0.2, -0.15) is 0 Å². The van der Waals surface area contributed by atoms with Crippen LogP contribution < -0.4 is 4.74 Å². The van der Waals surface area contributed by atoms with Crippen LogP contribution in [0, 0.1) is 0 Å². The first-order valence-electron chi connectivity index (χ1n) is 11.4. The van der Waals surface area contributed by atoms with Crippen molar-refractivity contribution in [3.8, 4) is 5.75 Å². The Morgan fingerprint density at radius 1 is 0.862 bits per heavy atom. The number of hydrogen-bond acceptors (Lipinski definition) is 4. The molecule has 0 radical (unpaired) electrons. The highest BCUT2D eigenvalue weighted by Crippen LogP contribution is 2.16. The minimum absolute atomic E-state index is 0.0617. The second-order valence-electron chi connectivity index (χ2n) is 7.88. The second kappa shape index (κ2) is 15.3. The number of ether oxygens (including phenoxy) is 3. The molecule has 5 heteroatoms. The molecule has 164 valence electrons. The summed E-state index contributed by atoms with van der Waals surface area (Å²) < 4.78 is 17.0. The molecule has 1 atom stereocenters. The number of hydrogen-bond donors (Lipinski definition) is 1. The number of aromatic carboxylic acids is 1. The summed E-state index contributed by atoms with van der Waals surface area (Å²) in [6, 6.07) is 6.60. The van der Waals surface area contributed by atoms with Crippen LogP contribution in [0.5, 0.6) is 5.75 Å². The SMILES string of the molecule is O=C(O)c1ccc(OCCCCCCCCCCCCOC2CCCCO2)cc1. The van der Waals surface area contributed by atoms with Crippen molar-refractivity contribution < 1.29 is 24.1 Å². The van der Waals surface area contributed by atoms with Gasteiger partial charge in [-0.3, -0.25) is 0 Å². The Labute approximate surface area is 175 Å². The minimum atomic E-state index is -0.907. The van der Waals surface area contributed by atoms with Gasteiger partial charge in [-0.1, -0.05) is 51.4 Å². The summed E-state index contributed by atoms with van der Waals surface area (Å²) in [6.07, 6.45) is 16.0. The van der Waals surface area contributed by atoms with Gasteiger partial charge in [0.2, 0.25) is 0 Å². The third kappa shape index (κ3) is 11.2. The van der Waals surface area contributed by atoms with Crippen LogP contribution in [0.1, 0.15) is 93.8 Å². The summed E-state index contributed by atoms with van der Waals surface area (Å²) >= 11 is 0. The lowest BCUT2D eigenvalue weighted by atomic mass is 10.1. The van der Waals surface area contributed by atoms with Crippen LogP contribution in [0.3, 0.4) is 0 Å². The van der Waals surface area contributed by atoms with E-state index < -0.39 is 5.97 Å². The zero-order valence-electron chi connectivity index (χ0n) is 17.8. The molecule has 29 heavy (non-hydrogen) atoms. The van der Waals surface area contributed by atoms with E-state index in [2.05, 4.69) is 0 Å². The summed E-state index contributed by atoms with van der Waals surface area (Å²) in [5.74, 6) is -0.165. The van der Waals surface area contributed by atoms with E-state index in [1.165, 1.54) is 64.2 Å². The largest absolute Gasteiger partial charge is 0.494 e. The van der Waals surface area contributed by atoms with E-state index in [9.17, 15) is 4.79 Å². The molecule has 2 rings (SSSR count). The zero-order chi connectivity index (χ0) is 20.6. The molecule has 1 saturated heterocycles. The quantitative estimate of drug-likeness (QED) is 0.331. The summed E-state index contributed by atoms with van der Waals surface area (Å²) in [4.78, 5) is 10.8. The number of carboxylic acids is 1. The summed E-state index contributed by atoms with van der Waals surface area (Å²) in [7, 11) is 0. The van der Waals surface area contributed by atoms with Crippen LogP contribution in [0.25, 0.3) is 0 Å². The first-order valence-corrected chi connectivity index (χ1v) is 11.4. The maximum atomic E-state index is 10.8. The normalized spacial score (nSPS) is 16.6. The van der Waals surface area contributed by atoms with Gasteiger partial charge in [-0.15, -0.1) is 0 Å². The van der Waals surface area contributed by atoms with Crippen molar-refractivity contribution in [2.45, 2.75) is 89.8 Å². The van der Waals surface area contributed by atoms with Crippen molar-refractivity contribution >= 4 is 5.97 Å². The lowest BCUT2D eigenvalue weighted by Gasteiger charge is -2.22. The fourth-order valence-electron chi connectivity index (χ4n) is 3.56. The van der Waals surface area contributed by atoms with Crippen LogP contribution in [0.2, 0.25) is 0 Å². The van der Waals surface area contributed by atoms with E-state index in [-0.39, 0.29) is 6.29 Å². The van der Waals surface area contributed by atoms with Crippen molar-refractivity contribution in [2.24, 2.45) is 0 Å². The van der Waals surface area contributed by atoms with Gasteiger partial charge in [-0.05, 0) is 56.4 Å². The van der Waals surface area contributed by atoms with Crippen molar-refractivity contribution in [2.75, 3.05) is 19.8 Å². The molecular formula is C24H38O5. The molecule has 1 unspecified atom stereocenters. The Morgan fingerprint density at radius 2 is 1.45 bits per heavy atom. The highest BCUT2D eigenvalue weighted by Gasteiger charge is 2.13. The maximum Gasteiger partial charge on any atom is 0.335 e. The molecule has 1 aliphatic rings. The van der Waals surface area contributed by atoms with Gasteiger partial charge in [0.1, 0.15) is 5.75 Å². The number of unbranched alkanes of at least 4 members (excludes halogenated alkanes) is 9. The molecule has 1 heterocycles. The fraction of sp³-hybridized carbons (Fsp3) is 0.708. The molecule has 0 spiro atoms. The molecule has 0 saturated carbocycles. The van der Waals surface area contributed by atoms with Crippen molar-refractivity contribution in [3.63, 3.8) is 0 Å². The highest BCUT2D eigenvalue weighted by atomic mass is 16.7. The lowest BCUT2D eigenvalue weighted by Crippen LogP contribution is -2.22. The van der Waals surface area contributed by atoms with E-state index in [1.54, 1.807) is 24.3 Å². The molecule has 1 N–H and O–H groups in total. The standard InChI is InChI=1S/C24H38O5/c25-24(26)21-14-16-22(17-15-21)27-18-10-7-5-3-1-2-4-6-8-11-19-28-23-13-9-12-20-29-23/h14-17,23H,1-13,18-20H2,(H,25,26). The van der Waals surface area contributed by atoms with Crippen molar-refractivity contribution in [1.82, 2.24) is 0 Å². The minimum Gasteiger partial charge on any atom is -0.494 e. The molecular weight excluding hydrogens is 368 g/mol. The van der Waals surface area contributed by atoms with Gasteiger partial charge in [0.15, 0.2) is 6.29 Å². The third-order valence-corrected chi connectivity index (χ3v) is 5.35.